The lowest BCUT2D eigenvalue weighted by molar-refractivity contribution is -0.236. The van der Waals surface area contributed by atoms with E-state index in [2.05, 4.69) is 52.4 Å². The van der Waals surface area contributed by atoms with E-state index in [1.54, 1.807) is 6.20 Å². The molecule has 0 amide bonds. The predicted octanol–water partition coefficient (Wildman–Crippen LogP) is 4.40. The van der Waals surface area contributed by atoms with Crippen LogP contribution in [0.4, 0.5) is 0 Å². The summed E-state index contributed by atoms with van der Waals surface area (Å²) in [5.41, 5.74) is 3.77. The van der Waals surface area contributed by atoms with Crippen LogP contribution < -0.4 is 0 Å². The molecule has 4 heteroatoms. The molecule has 4 nitrogen and oxygen atoms in total. The van der Waals surface area contributed by atoms with E-state index in [9.17, 15) is 5.26 Å². The highest BCUT2D eigenvalue weighted by Gasteiger charge is 2.72. The van der Waals surface area contributed by atoms with Crippen LogP contribution in [0.2, 0.25) is 0 Å². The fourth-order valence-electron chi connectivity index (χ4n) is 7.65. The second-order valence-electron chi connectivity index (χ2n) is 10.2. The SMILES string of the molecule is CO[C@@]1(c2ccnc(C#N)c2)[C@@H]2CCC[C@H]1CN(C13CC(c4ccccc4)(C1)C3)C2. The Morgan fingerprint density at radius 3 is 2.37 bits per heavy atom. The van der Waals surface area contributed by atoms with Gasteiger partial charge >= 0.3 is 0 Å². The molecular formula is C26H29N3O. The van der Waals surface area contributed by atoms with Crippen LogP contribution >= 0.6 is 0 Å². The third-order valence-corrected chi connectivity index (χ3v) is 8.92. The third-order valence-electron chi connectivity index (χ3n) is 8.92. The minimum absolute atomic E-state index is 0.274. The summed E-state index contributed by atoms with van der Waals surface area (Å²) < 4.78 is 6.38. The fraction of sp³-hybridized carbons (Fsp3) is 0.538. The number of benzene rings is 1. The van der Waals surface area contributed by atoms with Crippen LogP contribution in [0.3, 0.4) is 0 Å². The zero-order chi connectivity index (χ0) is 20.4. The summed E-state index contributed by atoms with van der Waals surface area (Å²) >= 11 is 0. The first-order valence-electron chi connectivity index (χ1n) is 11.4. The lowest BCUT2D eigenvalue weighted by Crippen LogP contribution is -2.79. The molecule has 5 fully saturated rings. The van der Waals surface area contributed by atoms with E-state index in [1.165, 1.54) is 44.1 Å². The first kappa shape index (κ1) is 18.5. The molecule has 4 saturated carbocycles. The van der Waals surface area contributed by atoms with E-state index in [0.29, 0.717) is 28.5 Å². The zero-order valence-corrected chi connectivity index (χ0v) is 17.7. The molecule has 0 unspecified atom stereocenters. The standard InChI is InChI=1S/C26H29N3O/c1-30-26(20-10-11-28-23(12-20)13-27)21-8-5-9-22(26)15-29(14-21)25-16-24(17-25,18-25)19-6-3-2-4-7-19/h2-4,6-7,10-12,21-22H,5,8-9,14-18H2,1H3/t21-,22+,24?,25?,26+. The Hall–Kier alpha value is -2.22. The van der Waals surface area contributed by atoms with Gasteiger partial charge in [0.25, 0.3) is 0 Å². The Kier molecular flexibility index (Phi) is 3.95. The van der Waals surface area contributed by atoms with Crippen molar-refractivity contribution in [2.45, 2.75) is 55.1 Å². The van der Waals surface area contributed by atoms with E-state index < -0.39 is 0 Å². The number of hydrogen-bond donors (Lipinski definition) is 0. The van der Waals surface area contributed by atoms with Gasteiger partial charge in [-0.2, -0.15) is 5.26 Å². The van der Waals surface area contributed by atoms with Crippen molar-refractivity contribution in [1.29, 1.82) is 5.26 Å². The molecule has 0 radical (unpaired) electrons. The largest absolute Gasteiger partial charge is 0.373 e. The Balaban J connectivity index is 1.27. The smallest absolute Gasteiger partial charge is 0.140 e. The number of piperidine rings is 1. The predicted molar refractivity (Wildman–Crippen MR) is 115 cm³/mol. The van der Waals surface area contributed by atoms with E-state index in [1.807, 2.05) is 13.2 Å². The highest BCUT2D eigenvalue weighted by molar-refractivity contribution is 5.42. The molecule has 5 aliphatic rings. The van der Waals surface area contributed by atoms with Gasteiger partial charge < -0.3 is 4.74 Å². The molecule has 2 heterocycles. The van der Waals surface area contributed by atoms with Gasteiger partial charge in [0.05, 0.1) is 0 Å². The maximum absolute atomic E-state index is 9.37. The van der Waals surface area contributed by atoms with Gasteiger partial charge in [0, 0.05) is 49.2 Å². The van der Waals surface area contributed by atoms with Crippen molar-refractivity contribution in [3.05, 3.63) is 65.5 Å². The number of aromatic nitrogens is 1. The van der Waals surface area contributed by atoms with Crippen LogP contribution in [0.25, 0.3) is 0 Å². The Bertz CT molecular complexity index is 977. The molecule has 1 aliphatic heterocycles. The van der Waals surface area contributed by atoms with Crippen molar-refractivity contribution in [3.63, 3.8) is 0 Å². The minimum Gasteiger partial charge on any atom is -0.373 e. The van der Waals surface area contributed by atoms with Gasteiger partial charge in [0.1, 0.15) is 17.4 Å². The molecule has 30 heavy (non-hydrogen) atoms. The number of nitrogens with zero attached hydrogens (tertiary/aromatic N) is 3. The number of hydrogen-bond acceptors (Lipinski definition) is 4. The molecular weight excluding hydrogens is 370 g/mol. The summed E-state index contributed by atoms with van der Waals surface area (Å²) in [7, 11) is 1.87. The Morgan fingerprint density at radius 1 is 1.03 bits per heavy atom. The van der Waals surface area contributed by atoms with E-state index in [4.69, 9.17) is 4.74 Å². The summed E-state index contributed by atoms with van der Waals surface area (Å²) in [6.45, 7) is 2.22. The lowest BCUT2D eigenvalue weighted by atomic mass is 9.36. The van der Waals surface area contributed by atoms with E-state index >= 15 is 0 Å². The van der Waals surface area contributed by atoms with Crippen molar-refractivity contribution in [2.75, 3.05) is 20.2 Å². The van der Waals surface area contributed by atoms with Crippen LogP contribution in [0, 0.1) is 23.2 Å². The molecule has 1 aromatic carbocycles. The topological polar surface area (TPSA) is 49.1 Å². The van der Waals surface area contributed by atoms with E-state index in [0.717, 1.165) is 18.7 Å². The molecule has 1 saturated heterocycles. The van der Waals surface area contributed by atoms with Gasteiger partial charge in [0.15, 0.2) is 0 Å². The number of nitriles is 1. The van der Waals surface area contributed by atoms with Crippen molar-refractivity contribution >= 4 is 0 Å². The monoisotopic (exact) mass is 399 g/mol. The molecule has 2 aromatic rings. The maximum atomic E-state index is 9.37. The molecule has 4 bridgehead atoms. The first-order valence-corrected chi connectivity index (χ1v) is 11.4. The lowest BCUT2D eigenvalue weighted by Gasteiger charge is -2.76. The van der Waals surface area contributed by atoms with Gasteiger partial charge in [-0.3, -0.25) is 4.90 Å². The average molecular weight is 400 g/mol. The number of rotatable bonds is 4. The summed E-state index contributed by atoms with van der Waals surface area (Å²) in [6.07, 6.45) is 9.41. The average Bonchev–Trinajstić information content (AvgIpc) is 2.72. The van der Waals surface area contributed by atoms with Crippen molar-refractivity contribution < 1.29 is 4.74 Å². The van der Waals surface area contributed by atoms with Crippen molar-refractivity contribution in [1.82, 2.24) is 9.88 Å². The normalized spacial score (nSPS) is 39.5. The summed E-state index contributed by atoms with van der Waals surface area (Å²) in [5.74, 6) is 0.955. The van der Waals surface area contributed by atoms with Gasteiger partial charge in [-0.25, -0.2) is 4.98 Å². The fourth-order valence-corrected chi connectivity index (χ4v) is 7.65. The van der Waals surface area contributed by atoms with Gasteiger partial charge in [-0.1, -0.05) is 36.8 Å². The number of likely N-dealkylation sites (tertiary alicyclic amines) is 1. The summed E-state index contributed by atoms with van der Waals surface area (Å²) in [5, 5.41) is 9.37. The van der Waals surface area contributed by atoms with Crippen LogP contribution in [0.5, 0.6) is 0 Å². The van der Waals surface area contributed by atoms with Crippen LogP contribution in [0.1, 0.15) is 55.3 Å². The molecule has 0 spiro atoms. The number of methoxy groups -OCH3 is 1. The first-order chi connectivity index (χ1) is 14.6. The van der Waals surface area contributed by atoms with Gasteiger partial charge in [-0.05, 0) is 55.4 Å². The maximum Gasteiger partial charge on any atom is 0.140 e. The van der Waals surface area contributed by atoms with E-state index in [-0.39, 0.29) is 5.60 Å². The minimum atomic E-state index is -0.274. The number of pyridine rings is 1. The molecule has 7 rings (SSSR count). The van der Waals surface area contributed by atoms with Crippen molar-refractivity contribution in [3.8, 4) is 6.07 Å². The molecule has 1 aromatic heterocycles. The van der Waals surface area contributed by atoms with Crippen molar-refractivity contribution in [2.24, 2.45) is 11.8 Å². The summed E-state index contributed by atoms with van der Waals surface area (Å²) in [6, 6.07) is 17.4. The Morgan fingerprint density at radius 2 is 1.73 bits per heavy atom. The second-order valence-corrected chi connectivity index (χ2v) is 10.2. The molecule has 3 atom stereocenters. The number of fused-ring (bicyclic) bond motifs is 2. The Labute approximate surface area is 178 Å². The highest BCUT2D eigenvalue weighted by Crippen LogP contribution is 2.71. The quantitative estimate of drug-likeness (QED) is 0.765. The van der Waals surface area contributed by atoms with Gasteiger partial charge in [0.2, 0.25) is 0 Å². The third kappa shape index (κ3) is 2.31. The summed E-state index contributed by atoms with van der Waals surface area (Å²) in [4.78, 5) is 7.03. The number of ether oxygens (including phenoxy) is 1. The molecule has 154 valence electrons. The molecule has 4 aliphatic carbocycles. The molecule has 0 N–H and O–H groups in total. The zero-order valence-electron chi connectivity index (χ0n) is 17.7. The van der Waals surface area contributed by atoms with Crippen LogP contribution in [-0.2, 0) is 15.8 Å². The van der Waals surface area contributed by atoms with Crippen LogP contribution in [-0.4, -0.2) is 35.6 Å². The van der Waals surface area contributed by atoms with Gasteiger partial charge in [-0.15, -0.1) is 0 Å². The second kappa shape index (κ2) is 6.39. The highest BCUT2D eigenvalue weighted by atomic mass is 16.5. The van der Waals surface area contributed by atoms with Crippen LogP contribution in [0.15, 0.2) is 48.7 Å².